The van der Waals surface area contributed by atoms with Crippen LogP contribution in [0.5, 0.6) is 0 Å². The van der Waals surface area contributed by atoms with Crippen LogP contribution in [0.15, 0.2) is 30.3 Å². The highest BCUT2D eigenvalue weighted by Gasteiger charge is 1.95. The molecule has 0 amide bonds. The van der Waals surface area contributed by atoms with Crippen molar-refractivity contribution in [2.45, 2.75) is 58.3 Å². The molecule has 0 spiro atoms. The van der Waals surface area contributed by atoms with Gasteiger partial charge in [0.1, 0.15) is 0 Å². The molecule has 0 fully saturated rings. The van der Waals surface area contributed by atoms with E-state index in [1.807, 2.05) is 30.3 Å². The summed E-state index contributed by atoms with van der Waals surface area (Å²) in [5.41, 5.74) is 1.03. The van der Waals surface area contributed by atoms with E-state index in [1.165, 1.54) is 44.9 Å². The van der Waals surface area contributed by atoms with Crippen LogP contribution in [0.1, 0.15) is 63.9 Å². The molecule has 0 aliphatic heterocycles. The summed E-state index contributed by atoms with van der Waals surface area (Å²) in [7, 11) is 0. The summed E-state index contributed by atoms with van der Waals surface area (Å²) >= 11 is 0. The first-order valence-electron chi connectivity index (χ1n) is 7.36. The summed E-state index contributed by atoms with van der Waals surface area (Å²) in [6, 6.07) is 10.0. The molecule has 0 aromatic heterocycles. The molecule has 1 nitrogen and oxygen atoms in total. The first kappa shape index (κ1) is 15.2. The zero-order valence-corrected chi connectivity index (χ0v) is 11.7. The van der Waals surface area contributed by atoms with Crippen molar-refractivity contribution >= 4 is 0 Å². The van der Waals surface area contributed by atoms with Gasteiger partial charge in [0.05, 0.1) is 0 Å². The van der Waals surface area contributed by atoms with Gasteiger partial charge in [-0.05, 0) is 12.0 Å². The van der Waals surface area contributed by atoms with E-state index in [2.05, 4.69) is 13.5 Å². The van der Waals surface area contributed by atoms with E-state index in [0.717, 1.165) is 18.6 Å². The minimum Gasteiger partial charge on any atom is -0.363 e. The van der Waals surface area contributed by atoms with Gasteiger partial charge in [-0.15, -0.1) is 0 Å². The smallest absolute Gasteiger partial charge is 0.166 e. The Balaban J connectivity index is 1.82. The summed E-state index contributed by atoms with van der Waals surface area (Å²) in [5.74, 6) is 0. The van der Waals surface area contributed by atoms with Gasteiger partial charge < -0.3 is 4.74 Å². The Morgan fingerprint density at radius 3 is 2.11 bits per heavy atom. The fourth-order valence-corrected chi connectivity index (χ4v) is 1.95. The monoisotopic (exact) mass is 246 g/mol. The van der Waals surface area contributed by atoms with Crippen LogP contribution in [0.3, 0.4) is 0 Å². The van der Waals surface area contributed by atoms with E-state index < -0.39 is 0 Å². The van der Waals surface area contributed by atoms with Gasteiger partial charge in [0.25, 0.3) is 0 Å². The molecular weight excluding hydrogens is 220 g/mol. The predicted molar refractivity (Wildman–Crippen MR) is 77.3 cm³/mol. The maximum Gasteiger partial charge on any atom is 0.166 e. The highest BCUT2D eigenvalue weighted by atomic mass is 16.5. The molecule has 18 heavy (non-hydrogen) atoms. The second-order valence-corrected chi connectivity index (χ2v) is 4.79. The molecule has 1 heteroatoms. The van der Waals surface area contributed by atoms with Gasteiger partial charge in [-0.1, -0.05) is 82.2 Å². The summed E-state index contributed by atoms with van der Waals surface area (Å²) in [6.07, 6.45) is 10.7. The Labute approximate surface area is 113 Å². The minimum atomic E-state index is 0.795. The molecule has 1 rings (SSSR count). The van der Waals surface area contributed by atoms with Crippen molar-refractivity contribution in [2.24, 2.45) is 0 Å². The molecule has 100 valence electrons. The second-order valence-electron chi connectivity index (χ2n) is 4.79. The lowest BCUT2D eigenvalue weighted by molar-refractivity contribution is 0.205. The number of rotatable bonds is 11. The fourth-order valence-electron chi connectivity index (χ4n) is 1.95. The van der Waals surface area contributed by atoms with Gasteiger partial charge in [-0.3, -0.25) is 0 Å². The average molecular weight is 246 g/mol. The third-order valence-electron chi connectivity index (χ3n) is 3.06. The van der Waals surface area contributed by atoms with Crippen molar-refractivity contribution in [3.05, 3.63) is 42.5 Å². The van der Waals surface area contributed by atoms with Crippen LogP contribution in [0.2, 0.25) is 0 Å². The molecule has 0 bridgehead atoms. The van der Waals surface area contributed by atoms with E-state index in [-0.39, 0.29) is 0 Å². The molecule has 0 unspecified atom stereocenters. The molecule has 0 aliphatic carbocycles. The van der Waals surface area contributed by atoms with Crippen LogP contribution in [-0.2, 0) is 4.74 Å². The van der Waals surface area contributed by atoms with Crippen molar-refractivity contribution in [2.75, 3.05) is 6.61 Å². The Morgan fingerprint density at radius 2 is 1.44 bits per heavy atom. The SMILES string of the molecule is CCCCCCCCCCO[C]c1ccccc1. The summed E-state index contributed by atoms with van der Waals surface area (Å²) in [5, 5.41) is 0. The molecule has 0 saturated carbocycles. The largest absolute Gasteiger partial charge is 0.363 e. The third kappa shape index (κ3) is 8.30. The molecular formula is C17H26O. The van der Waals surface area contributed by atoms with E-state index in [1.54, 1.807) is 0 Å². The minimum absolute atomic E-state index is 0.795. The van der Waals surface area contributed by atoms with Crippen LogP contribution in [0.25, 0.3) is 0 Å². The van der Waals surface area contributed by atoms with Crippen molar-refractivity contribution < 1.29 is 4.74 Å². The molecule has 1 aromatic carbocycles. The fraction of sp³-hybridized carbons (Fsp3) is 0.588. The van der Waals surface area contributed by atoms with Crippen molar-refractivity contribution in [3.8, 4) is 0 Å². The maximum absolute atomic E-state index is 5.41. The number of hydrogen-bond acceptors (Lipinski definition) is 1. The third-order valence-corrected chi connectivity index (χ3v) is 3.06. The van der Waals surface area contributed by atoms with Crippen LogP contribution < -0.4 is 0 Å². The van der Waals surface area contributed by atoms with E-state index in [9.17, 15) is 0 Å². The van der Waals surface area contributed by atoms with Crippen LogP contribution >= 0.6 is 0 Å². The van der Waals surface area contributed by atoms with Gasteiger partial charge in [0, 0.05) is 6.61 Å². The lowest BCUT2D eigenvalue weighted by Gasteiger charge is -2.03. The molecule has 0 aliphatic rings. The second kappa shape index (κ2) is 11.3. The topological polar surface area (TPSA) is 9.23 Å². The van der Waals surface area contributed by atoms with Crippen molar-refractivity contribution in [3.63, 3.8) is 0 Å². The van der Waals surface area contributed by atoms with E-state index >= 15 is 0 Å². The van der Waals surface area contributed by atoms with Gasteiger partial charge in [0.15, 0.2) is 6.61 Å². The highest BCUT2D eigenvalue weighted by Crippen LogP contribution is 2.09. The number of hydrogen-bond donors (Lipinski definition) is 0. The predicted octanol–water partition coefficient (Wildman–Crippen LogP) is 5.23. The number of unbranched alkanes of at least 4 members (excludes halogenated alkanes) is 7. The average Bonchev–Trinajstić information content (AvgIpc) is 2.42. The summed E-state index contributed by atoms with van der Waals surface area (Å²) in [4.78, 5) is 0. The zero-order chi connectivity index (χ0) is 12.9. The quantitative estimate of drug-likeness (QED) is 0.486. The van der Waals surface area contributed by atoms with Gasteiger partial charge >= 0.3 is 0 Å². The lowest BCUT2D eigenvalue weighted by atomic mass is 10.1. The van der Waals surface area contributed by atoms with Crippen LogP contribution in [0, 0.1) is 6.61 Å². The molecule has 0 saturated heterocycles. The van der Waals surface area contributed by atoms with E-state index in [4.69, 9.17) is 4.74 Å². The van der Waals surface area contributed by atoms with Gasteiger partial charge in [-0.2, -0.15) is 0 Å². The Kier molecular flexibility index (Phi) is 9.55. The van der Waals surface area contributed by atoms with Crippen molar-refractivity contribution in [1.82, 2.24) is 0 Å². The normalized spacial score (nSPS) is 10.7. The molecule has 2 radical (unpaired) electrons. The zero-order valence-electron chi connectivity index (χ0n) is 11.7. The van der Waals surface area contributed by atoms with Gasteiger partial charge in [-0.25, -0.2) is 0 Å². The molecule has 0 heterocycles. The Hall–Kier alpha value is -0.820. The van der Waals surface area contributed by atoms with Crippen LogP contribution in [-0.4, -0.2) is 6.61 Å². The van der Waals surface area contributed by atoms with E-state index in [0.29, 0.717) is 0 Å². The Morgan fingerprint density at radius 1 is 0.833 bits per heavy atom. The first-order chi connectivity index (χ1) is 8.93. The van der Waals surface area contributed by atoms with Gasteiger partial charge in [0.2, 0.25) is 0 Å². The highest BCUT2D eigenvalue weighted by molar-refractivity contribution is 5.19. The first-order valence-corrected chi connectivity index (χ1v) is 7.36. The molecule has 0 N–H and O–H groups in total. The lowest BCUT2D eigenvalue weighted by Crippen LogP contribution is -1.93. The molecule has 1 aromatic rings. The van der Waals surface area contributed by atoms with Crippen LogP contribution in [0.4, 0.5) is 0 Å². The summed E-state index contributed by atoms with van der Waals surface area (Å²) in [6.45, 7) is 6.02. The number of ether oxygens (including phenoxy) is 1. The number of benzene rings is 1. The summed E-state index contributed by atoms with van der Waals surface area (Å²) < 4.78 is 5.41. The Bertz CT molecular complexity index is 268. The standard InChI is InChI=1S/C17H26O/c1-2-3-4-5-6-7-8-12-15-18-16-17-13-10-9-11-14-17/h9-11,13-14H,2-8,12,15H2,1H3. The van der Waals surface area contributed by atoms with Crippen molar-refractivity contribution in [1.29, 1.82) is 0 Å². The molecule has 0 atom stereocenters. The maximum atomic E-state index is 5.41.